The number of rotatable bonds is 4. The minimum absolute atomic E-state index is 0.0976. The molecule has 2 atom stereocenters. The van der Waals surface area contributed by atoms with Crippen molar-refractivity contribution in [1.29, 1.82) is 0 Å². The average Bonchev–Trinajstić information content (AvgIpc) is 2.97. The highest BCUT2D eigenvalue weighted by Crippen LogP contribution is 2.44. The number of carbonyl (C=O) groups is 1. The second kappa shape index (κ2) is 11.0. The van der Waals surface area contributed by atoms with Crippen LogP contribution in [0.2, 0.25) is 0 Å². The standard InChI is InChI=1S/C27H27F6N7O2/c1-37-22(34)17-10-11-19(36-23(17)40(25(37)35)42-24(41)27(31,32)33)21-18(26(28,29)30)8-5-9-20(21)39-14-12-38(13-15-39)16-6-3-2-4-7-16/h2-11,22,25H,12-15,34-35H2,1H3. The number of pyridine rings is 1. The Morgan fingerprint density at radius 1 is 0.881 bits per heavy atom. The number of fused-ring (bicyclic) bond motifs is 1. The highest BCUT2D eigenvalue weighted by molar-refractivity contribution is 5.82. The molecule has 0 spiro atoms. The van der Waals surface area contributed by atoms with Crippen molar-refractivity contribution < 1.29 is 36.0 Å². The van der Waals surface area contributed by atoms with Gasteiger partial charge in [0.1, 0.15) is 0 Å². The number of nitrogens with two attached hydrogens (primary N) is 2. The number of halogens is 6. The van der Waals surface area contributed by atoms with Crippen molar-refractivity contribution in [3.05, 3.63) is 71.8 Å². The molecule has 1 saturated heterocycles. The molecule has 3 aromatic rings. The molecular weight excluding hydrogens is 568 g/mol. The SMILES string of the molecule is CN1C(N)c2ccc(-c3c(N4CCN(c5ccccc5)CC4)cccc3C(F)(F)F)nc2N(OC(=O)C(F)(F)F)C1N. The number of hydrogen-bond donors (Lipinski definition) is 2. The molecule has 4 N–H and O–H groups in total. The third-order valence-corrected chi connectivity index (χ3v) is 7.29. The average molecular weight is 596 g/mol. The van der Waals surface area contributed by atoms with Crippen LogP contribution in [0.25, 0.3) is 11.3 Å². The van der Waals surface area contributed by atoms with E-state index >= 15 is 0 Å². The predicted molar refractivity (Wildman–Crippen MR) is 143 cm³/mol. The summed E-state index contributed by atoms with van der Waals surface area (Å²) in [6, 6.07) is 16.0. The molecule has 0 aliphatic carbocycles. The van der Waals surface area contributed by atoms with E-state index in [9.17, 15) is 31.1 Å². The third kappa shape index (κ3) is 5.54. The van der Waals surface area contributed by atoms with Gasteiger partial charge < -0.3 is 20.4 Å². The summed E-state index contributed by atoms with van der Waals surface area (Å²) in [5.74, 6) is -2.98. The first-order valence-corrected chi connectivity index (χ1v) is 12.9. The number of benzene rings is 2. The van der Waals surface area contributed by atoms with Gasteiger partial charge >= 0.3 is 18.3 Å². The number of para-hydroxylation sites is 1. The molecule has 0 amide bonds. The Balaban J connectivity index is 1.57. The predicted octanol–water partition coefficient (Wildman–Crippen LogP) is 4.07. The quantitative estimate of drug-likeness (QED) is 0.432. The Bertz CT molecular complexity index is 1450. The van der Waals surface area contributed by atoms with Crippen molar-refractivity contribution in [2.75, 3.05) is 48.1 Å². The highest BCUT2D eigenvalue weighted by Gasteiger charge is 2.46. The van der Waals surface area contributed by atoms with Gasteiger partial charge in [0.15, 0.2) is 12.1 Å². The highest BCUT2D eigenvalue weighted by atomic mass is 19.4. The lowest BCUT2D eigenvalue weighted by molar-refractivity contribution is -0.204. The fraction of sp³-hybridized carbons (Fsp3) is 0.333. The van der Waals surface area contributed by atoms with E-state index in [0.717, 1.165) is 11.8 Å². The number of hydroxylamine groups is 1. The second-order valence-corrected chi connectivity index (χ2v) is 9.84. The minimum atomic E-state index is -5.37. The first-order chi connectivity index (χ1) is 19.8. The van der Waals surface area contributed by atoms with E-state index in [-0.39, 0.29) is 22.5 Å². The summed E-state index contributed by atoms with van der Waals surface area (Å²) >= 11 is 0. The molecule has 3 heterocycles. The number of piperazine rings is 1. The summed E-state index contributed by atoms with van der Waals surface area (Å²) in [5.41, 5.74) is 12.0. The summed E-state index contributed by atoms with van der Waals surface area (Å²) in [6.07, 6.45) is -12.7. The van der Waals surface area contributed by atoms with Crippen LogP contribution in [0, 0.1) is 0 Å². The smallest absolute Gasteiger partial charge is 0.368 e. The van der Waals surface area contributed by atoms with Crippen LogP contribution in [0.4, 0.5) is 43.5 Å². The fourth-order valence-electron chi connectivity index (χ4n) is 5.07. The number of anilines is 3. The lowest BCUT2D eigenvalue weighted by atomic mass is 9.98. The molecule has 1 fully saturated rings. The maximum atomic E-state index is 14.4. The maximum Gasteiger partial charge on any atom is 0.493 e. The fourth-order valence-corrected chi connectivity index (χ4v) is 5.07. The van der Waals surface area contributed by atoms with Gasteiger partial charge in [-0.3, -0.25) is 10.6 Å². The van der Waals surface area contributed by atoms with Crippen LogP contribution in [-0.2, 0) is 15.8 Å². The molecule has 2 aliphatic heterocycles. The van der Waals surface area contributed by atoms with Gasteiger partial charge in [-0.2, -0.15) is 31.4 Å². The van der Waals surface area contributed by atoms with Gasteiger partial charge in [0.05, 0.1) is 17.4 Å². The molecule has 0 saturated carbocycles. The van der Waals surface area contributed by atoms with Crippen LogP contribution in [0.5, 0.6) is 0 Å². The first kappa shape index (κ1) is 29.4. The van der Waals surface area contributed by atoms with E-state index in [1.54, 1.807) is 4.90 Å². The molecule has 2 unspecified atom stereocenters. The largest absolute Gasteiger partial charge is 0.493 e. The minimum Gasteiger partial charge on any atom is -0.368 e. The van der Waals surface area contributed by atoms with E-state index in [1.165, 1.54) is 36.2 Å². The van der Waals surface area contributed by atoms with Gasteiger partial charge in [0, 0.05) is 48.7 Å². The van der Waals surface area contributed by atoms with E-state index in [0.29, 0.717) is 31.2 Å². The van der Waals surface area contributed by atoms with Crippen molar-refractivity contribution in [3.8, 4) is 11.3 Å². The number of carbonyl (C=O) groups excluding carboxylic acids is 1. The number of hydrogen-bond acceptors (Lipinski definition) is 9. The van der Waals surface area contributed by atoms with Crippen molar-refractivity contribution in [1.82, 2.24) is 9.88 Å². The Morgan fingerprint density at radius 2 is 1.52 bits per heavy atom. The lowest BCUT2D eigenvalue weighted by Gasteiger charge is -2.42. The number of aromatic nitrogens is 1. The molecule has 0 radical (unpaired) electrons. The summed E-state index contributed by atoms with van der Waals surface area (Å²) < 4.78 is 82.3. The van der Waals surface area contributed by atoms with E-state index < -0.39 is 42.2 Å². The molecule has 0 bridgehead atoms. The number of nitrogens with zero attached hydrogens (tertiary/aromatic N) is 5. The molecule has 224 valence electrons. The van der Waals surface area contributed by atoms with Crippen molar-refractivity contribution >= 4 is 23.2 Å². The van der Waals surface area contributed by atoms with Crippen molar-refractivity contribution in [3.63, 3.8) is 0 Å². The van der Waals surface area contributed by atoms with E-state index in [4.69, 9.17) is 11.5 Å². The monoisotopic (exact) mass is 595 g/mol. The molecule has 5 rings (SSSR count). The van der Waals surface area contributed by atoms with Crippen LogP contribution < -0.4 is 26.3 Å². The van der Waals surface area contributed by atoms with Gasteiger partial charge in [0.25, 0.3) is 0 Å². The second-order valence-electron chi connectivity index (χ2n) is 9.84. The molecule has 9 nitrogen and oxygen atoms in total. The zero-order chi connectivity index (χ0) is 30.4. The molecule has 1 aromatic heterocycles. The van der Waals surface area contributed by atoms with E-state index in [1.807, 2.05) is 30.3 Å². The van der Waals surface area contributed by atoms with Gasteiger partial charge in [-0.05, 0) is 37.4 Å². The summed E-state index contributed by atoms with van der Waals surface area (Å²) in [5, 5.41) is 0.409. The van der Waals surface area contributed by atoms with Crippen molar-refractivity contribution in [2.45, 2.75) is 24.8 Å². The van der Waals surface area contributed by atoms with Crippen LogP contribution >= 0.6 is 0 Å². The molecule has 15 heteroatoms. The Kier molecular flexibility index (Phi) is 7.68. The topological polar surface area (TPSA) is 104 Å². The molecule has 2 aliphatic rings. The van der Waals surface area contributed by atoms with Gasteiger partial charge in [-0.15, -0.1) is 0 Å². The summed E-state index contributed by atoms with van der Waals surface area (Å²) in [4.78, 5) is 25.7. The molecule has 2 aromatic carbocycles. The Hall–Kier alpha value is -4.08. The normalized spacial score (nSPS) is 20.0. The Labute approximate surface area is 236 Å². The van der Waals surface area contributed by atoms with Crippen LogP contribution in [0.1, 0.15) is 17.3 Å². The zero-order valence-corrected chi connectivity index (χ0v) is 22.2. The number of alkyl halides is 6. The first-order valence-electron chi connectivity index (χ1n) is 12.9. The van der Waals surface area contributed by atoms with Gasteiger partial charge in [0.2, 0.25) is 0 Å². The van der Waals surface area contributed by atoms with Gasteiger partial charge in [-0.25, -0.2) is 9.78 Å². The van der Waals surface area contributed by atoms with Crippen LogP contribution in [0.15, 0.2) is 60.7 Å². The third-order valence-electron chi connectivity index (χ3n) is 7.29. The Morgan fingerprint density at radius 3 is 2.14 bits per heavy atom. The molecular formula is C27H27F6N7O2. The van der Waals surface area contributed by atoms with Crippen LogP contribution in [-0.4, -0.2) is 61.5 Å². The zero-order valence-electron chi connectivity index (χ0n) is 22.2. The van der Waals surface area contributed by atoms with Gasteiger partial charge in [-0.1, -0.05) is 30.3 Å². The lowest BCUT2D eigenvalue weighted by Crippen LogP contribution is -2.60. The van der Waals surface area contributed by atoms with Crippen molar-refractivity contribution in [2.24, 2.45) is 11.5 Å². The molecule has 42 heavy (non-hydrogen) atoms. The van der Waals surface area contributed by atoms with Crippen LogP contribution in [0.3, 0.4) is 0 Å². The van der Waals surface area contributed by atoms with E-state index in [2.05, 4.69) is 14.7 Å². The summed E-state index contributed by atoms with van der Waals surface area (Å²) in [7, 11) is 1.38. The summed E-state index contributed by atoms with van der Waals surface area (Å²) in [6.45, 7) is 1.86. The maximum absolute atomic E-state index is 14.4.